The van der Waals surface area contributed by atoms with Gasteiger partial charge in [0, 0.05) is 32.3 Å². The van der Waals surface area contributed by atoms with Crippen molar-refractivity contribution in [2.45, 2.75) is 0 Å². The van der Waals surface area contributed by atoms with Gasteiger partial charge in [-0.3, -0.25) is 4.98 Å². The Balaban J connectivity index is 2.58. The van der Waals surface area contributed by atoms with Gasteiger partial charge in [-0.25, -0.2) is 4.79 Å². The van der Waals surface area contributed by atoms with E-state index in [1.54, 1.807) is 7.11 Å². The van der Waals surface area contributed by atoms with Gasteiger partial charge < -0.3 is 14.7 Å². The Hall–Kier alpha value is -2.14. The Morgan fingerprint density at radius 3 is 2.84 bits per heavy atom. The van der Waals surface area contributed by atoms with Gasteiger partial charge in [0.1, 0.15) is 5.56 Å². The van der Waals surface area contributed by atoms with Crippen molar-refractivity contribution >= 4 is 22.6 Å². The molecule has 1 aromatic heterocycles. The van der Waals surface area contributed by atoms with E-state index in [4.69, 9.17) is 4.74 Å². The fraction of sp³-hybridized carbons (Fsp3) is 0.286. The minimum absolute atomic E-state index is 0.206. The van der Waals surface area contributed by atoms with Crippen molar-refractivity contribution in [3.8, 4) is 0 Å². The number of nitrogens with zero attached hydrogens (tertiary/aromatic N) is 2. The lowest BCUT2D eigenvalue weighted by Gasteiger charge is -2.22. The van der Waals surface area contributed by atoms with Crippen LogP contribution in [0.4, 0.5) is 5.69 Å². The van der Waals surface area contributed by atoms with E-state index >= 15 is 0 Å². The molecule has 0 amide bonds. The van der Waals surface area contributed by atoms with Crippen LogP contribution in [0.3, 0.4) is 0 Å². The summed E-state index contributed by atoms with van der Waals surface area (Å²) < 4.78 is 5.04. The zero-order chi connectivity index (χ0) is 13.8. The van der Waals surface area contributed by atoms with E-state index < -0.39 is 5.97 Å². The molecule has 100 valence electrons. The van der Waals surface area contributed by atoms with E-state index in [9.17, 15) is 9.90 Å². The number of methoxy groups -OCH3 is 1. The van der Waals surface area contributed by atoms with E-state index in [0.717, 1.165) is 10.9 Å². The summed E-state index contributed by atoms with van der Waals surface area (Å²) in [6.07, 6.45) is 1.41. The van der Waals surface area contributed by atoms with Crippen LogP contribution in [0.2, 0.25) is 0 Å². The topological polar surface area (TPSA) is 62.7 Å². The molecule has 0 saturated heterocycles. The third kappa shape index (κ3) is 2.66. The summed E-state index contributed by atoms with van der Waals surface area (Å²) in [6.45, 7) is 1.15. The van der Waals surface area contributed by atoms with Crippen LogP contribution in [0.1, 0.15) is 10.4 Å². The molecule has 0 aliphatic carbocycles. The molecule has 0 aliphatic heterocycles. The zero-order valence-corrected chi connectivity index (χ0v) is 11.0. The fourth-order valence-corrected chi connectivity index (χ4v) is 2.03. The number of likely N-dealkylation sites (N-methyl/N-ethyl adjacent to an activating group) is 1. The first-order valence-corrected chi connectivity index (χ1v) is 5.96. The van der Waals surface area contributed by atoms with Crippen LogP contribution in [0.5, 0.6) is 0 Å². The van der Waals surface area contributed by atoms with Crippen LogP contribution in [0, 0.1) is 0 Å². The number of carbonyl (C=O) groups is 1. The SMILES string of the molecule is COCCN(C)c1c(C(=O)O)cnc2ccccc12. The van der Waals surface area contributed by atoms with Gasteiger partial charge in [0.2, 0.25) is 0 Å². The molecule has 0 unspecified atom stereocenters. The second-order valence-corrected chi connectivity index (χ2v) is 4.26. The van der Waals surface area contributed by atoms with Crippen LogP contribution in [0.15, 0.2) is 30.5 Å². The van der Waals surface area contributed by atoms with Gasteiger partial charge in [0.25, 0.3) is 0 Å². The van der Waals surface area contributed by atoms with Gasteiger partial charge in [-0.15, -0.1) is 0 Å². The average Bonchev–Trinajstić information content (AvgIpc) is 2.43. The molecule has 2 aromatic rings. The minimum atomic E-state index is -0.975. The fourth-order valence-electron chi connectivity index (χ4n) is 2.03. The Bertz CT molecular complexity index is 598. The van der Waals surface area contributed by atoms with Gasteiger partial charge >= 0.3 is 5.97 Å². The molecule has 0 radical (unpaired) electrons. The molecule has 5 heteroatoms. The summed E-state index contributed by atoms with van der Waals surface area (Å²) in [5, 5.41) is 10.1. The summed E-state index contributed by atoms with van der Waals surface area (Å²) in [5.74, 6) is -0.975. The van der Waals surface area contributed by atoms with Crippen molar-refractivity contribution in [3.63, 3.8) is 0 Å². The van der Waals surface area contributed by atoms with Crippen LogP contribution in [0.25, 0.3) is 10.9 Å². The van der Waals surface area contributed by atoms with Crippen LogP contribution >= 0.6 is 0 Å². The van der Waals surface area contributed by atoms with E-state index in [-0.39, 0.29) is 5.56 Å². The maximum absolute atomic E-state index is 11.3. The second kappa shape index (κ2) is 5.67. The summed E-state index contributed by atoms with van der Waals surface area (Å²) in [7, 11) is 3.48. The van der Waals surface area contributed by atoms with Crippen LogP contribution in [-0.2, 0) is 4.74 Å². The first-order valence-electron chi connectivity index (χ1n) is 5.96. The van der Waals surface area contributed by atoms with E-state index in [2.05, 4.69) is 4.98 Å². The lowest BCUT2D eigenvalue weighted by molar-refractivity contribution is 0.0697. The molecular weight excluding hydrogens is 244 g/mol. The highest BCUT2D eigenvalue weighted by atomic mass is 16.5. The molecule has 2 rings (SSSR count). The highest BCUT2D eigenvalue weighted by Gasteiger charge is 2.17. The van der Waals surface area contributed by atoms with Gasteiger partial charge in [-0.05, 0) is 6.07 Å². The Kier molecular flexibility index (Phi) is 3.97. The first-order chi connectivity index (χ1) is 9.15. The van der Waals surface area contributed by atoms with Gasteiger partial charge in [0.15, 0.2) is 0 Å². The molecule has 0 saturated carbocycles. The molecule has 1 heterocycles. The smallest absolute Gasteiger partial charge is 0.339 e. The van der Waals surface area contributed by atoms with E-state index in [1.165, 1.54) is 6.20 Å². The summed E-state index contributed by atoms with van der Waals surface area (Å²) in [6, 6.07) is 7.51. The number of aromatic nitrogens is 1. The second-order valence-electron chi connectivity index (χ2n) is 4.26. The number of benzene rings is 1. The normalized spacial score (nSPS) is 10.6. The lowest BCUT2D eigenvalue weighted by atomic mass is 10.1. The number of anilines is 1. The van der Waals surface area contributed by atoms with Gasteiger partial charge in [-0.1, -0.05) is 18.2 Å². The van der Waals surface area contributed by atoms with Crippen molar-refractivity contribution in [1.29, 1.82) is 0 Å². The Morgan fingerprint density at radius 1 is 1.42 bits per heavy atom. The molecule has 5 nitrogen and oxygen atoms in total. The highest BCUT2D eigenvalue weighted by molar-refractivity contribution is 6.04. The van der Waals surface area contributed by atoms with Crippen LogP contribution in [-0.4, -0.2) is 43.4 Å². The largest absolute Gasteiger partial charge is 0.478 e. The quantitative estimate of drug-likeness (QED) is 0.891. The molecule has 19 heavy (non-hydrogen) atoms. The zero-order valence-electron chi connectivity index (χ0n) is 11.0. The Morgan fingerprint density at radius 2 is 2.16 bits per heavy atom. The molecule has 1 N–H and O–H groups in total. The lowest BCUT2D eigenvalue weighted by Crippen LogP contribution is -2.24. The van der Waals surface area contributed by atoms with Crippen molar-refractivity contribution in [2.24, 2.45) is 0 Å². The number of carboxylic acid groups (broad SMARTS) is 1. The number of pyridine rings is 1. The average molecular weight is 260 g/mol. The summed E-state index contributed by atoms with van der Waals surface area (Å²) in [4.78, 5) is 17.4. The first kappa shape index (κ1) is 13.3. The molecule has 1 aromatic carbocycles. The van der Waals surface area contributed by atoms with Crippen molar-refractivity contribution < 1.29 is 14.6 Å². The third-order valence-corrected chi connectivity index (χ3v) is 2.99. The monoisotopic (exact) mass is 260 g/mol. The number of hydrogen-bond donors (Lipinski definition) is 1. The number of aromatic carboxylic acids is 1. The number of carboxylic acids is 1. The molecule has 0 atom stereocenters. The molecule has 0 fully saturated rings. The van der Waals surface area contributed by atoms with Crippen molar-refractivity contribution in [1.82, 2.24) is 4.98 Å². The number of rotatable bonds is 5. The van der Waals surface area contributed by atoms with Crippen molar-refractivity contribution in [3.05, 3.63) is 36.0 Å². The van der Waals surface area contributed by atoms with E-state index in [0.29, 0.717) is 18.8 Å². The molecule has 0 bridgehead atoms. The number of para-hydroxylation sites is 1. The molecular formula is C14H16N2O3. The Labute approximate surface area is 111 Å². The van der Waals surface area contributed by atoms with E-state index in [1.807, 2.05) is 36.2 Å². The number of hydrogen-bond acceptors (Lipinski definition) is 4. The van der Waals surface area contributed by atoms with Crippen LogP contribution < -0.4 is 4.90 Å². The summed E-state index contributed by atoms with van der Waals surface area (Å²) in [5.41, 5.74) is 1.67. The standard InChI is InChI=1S/C14H16N2O3/c1-16(7-8-19-2)13-10-5-3-4-6-12(10)15-9-11(13)14(17)18/h3-6,9H,7-8H2,1-2H3,(H,17,18). The number of fused-ring (bicyclic) bond motifs is 1. The highest BCUT2D eigenvalue weighted by Crippen LogP contribution is 2.28. The number of ether oxygens (including phenoxy) is 1. The van der Waals surface area contributed by atoms with Gasteiger partial charge in [0.05, 0.1) is 17.8 Å². The third-order valence-electron chi connectivity index (χ3n) is 2.99. The maximum atomic E-state index is 11.3. The minimum Gasteiger partial charge on any atom is -0.478 e. The molecule has 0 spiro atoms. The van der Waals surface area contributed by atoms with Crippen molar-refractivity contribution in [2.75, 3.05) is 32.2 Å². The predicted octanol–water partition coefficient (Wildman–Crippen LogP) is 2.02. The molecule has 0 aliphatic rings. The maximum Gasteiger partial charge on any atom is 0.339 e. The predicted molar refractivity (Wildman–Crippen MR) is 73.8 cm³/mol. The van der Waals surface area contributed by atoms with Gasteiger partial charge in [-0.2, -0.15) is 0 Å². The summed E-state index contributed by atoms with van der Waals surface area (Å²) >= 11 is 0.